The van der Waals surface area contributed by atoms with E-state index in [-0.39, 0.29) is 64.7 Å². The van der Waals surface area contributed by atoms with E-state index in [2.05, 4.69) is 40.5 Å². The van der Waals surface area contributed by atoms with Gasteiger partial charge in [0.05, 0.1) is 44.7 Å². The number of halogens is 1. The van der Waals surface area contributed by atoms with Crippen LogP contribution in [-0.2, 0) is 52.5 Å². The van der Waals surface area contributed by atoms with Gasteiger partial charge in [0.1, 0.15) is 31.0 Å². The van der Waals surface area contributed by atoms with Crippen molar-refractivity contribution in [3.63, 3.8) is 0 Å². The van der Waals surface area contributed by atoms with Gasteiger partial charge in [0, 0.05) is 16.4 Å². The molecule has 2 fully saturated rings. The molecule has 67 heavy (non-hydrogen) atoms. The minimum atomic E-state index is -4.20. The molecule has 2 aliphatic rings. The quantitative estimate of drug-likeness (QED) is 0.0384. The van der Waals surface area contributed by atoms with Crippen molar-refractivity contribution >= 4 is 72.9 Å². The molecule has 372 valence electrons. The number of carbonyl (C=O) groups excluding carboxylic acids is 1. The molecule has 0 aromatic carbocycles. The van der Waals surface area contributed by atoms with Crippen molar-refractivity contribution < 1.29 is 59.9 Å². The average Bonchev–Trinajstić information content (AvgIpc) is 3.92. The fraction of sp³-hybridized carbons (Fsp3) is 0.737. The lowest BCUT2D eigenvalue weighted by Crippen LogP contribution is -2.62. The number of anilines is 2. The van der Waals surface area contributed by atoms with E-state index in [1.54, 1.807) is 13.8 Å². The number of aromatic amines is 1. The maximum absolute atomic E-state index is 16.1. The third-order valence-electron chi connectivity index (χ3n) is 11.7. The first-order valence-corrected chi connectivity index (χ1v) is 29.6. The zero-order valence-electron chi connectivity index (χ0n) is 39.0. The van der Waals surface area contributed by atoms with Crippen LogP contribution in [0, 0.1) is 23.2 Å². The number of ether oxygens (including phenoxy) is 1. The van der Waals surface area contributed by atoms with E-state index < -0.39 is 111 Å². The smallest absolute Gasteiger partial charge is 0.414 e. The van der Waals surface area contributed by atoms with Crippen LogP contribution in [0.5, 0.6) is 0 Å². The summed E-state index contributed by atoms with van der Waals surface area (Å²) in [6.45, 7) is 13.0. The molecule has 2 unspecified atom stereocenters. The molecule has 5 rings (SSSR count). The molecule has 0 radical (unpaired) electrons. The van der Waals surface area contributed by atoms with Crippen LogP contribution < -0.4 is 16.2 Å². The number of aliphatic hydroxyl groups excluding tert-OH is 1. The van der Waals surface area contributed by atoms with Gasteiger partial charge >= 0.3 is 32.1 Å². The second-order valence-electron chi connectivity index (χ2n) is 17.9. The molecule has 1 aliphatic carbocycles. The summed E-state index contributed by atoms with van der Waals surface area (Å²) in [6.07, 6.45) is -5.19. The Labute approximate surface area is 396 Å². The summed E-state index contributed by atoms with van der Waals surface area (Å²) >= 11 is 6.08. The Bertz CT molecular complexity index is 2300. The van der Waals surface area contributed by atoms with Crippen LogP contribution in [-0.4, -0.2) is 129 Å². The fourth-order valence-electron chi connectivity index (χ4n) is 8.08. The summed E-state index contributed by atoms with van der Waals surface area (Å²) in [5, 5.41) is 26.1. The SMILES string of the molecule is CC(C)C(=O)Nc1nc2c(ncn2[C@@H]2O[C@H](CO)[C@@H](O[Si](O[Si](O)(C(C)C)C(C)C)(C(C)C)C(C)C)[C@H]2OP(=S)(OCCC#N)OC[C@H]2C[C@@H](Nc3ncncn3)[C@H](F)[C@@H]2O[P+](=O)O)c(=O)[nH]1. The largest absolute Gasteiger partial charge is 0.695 e. The summed E-state index contributed by atoms with van der Waals surface area (Å²) in [5.74, 6) is -1.99. The Morgan fingerprint density at radius 2 is 1.73 bits per heavy atom. The van der Waals surface area contributed by atoms with Gasteiger partial charge in [0.15, 0.2) is 29.7 Å². The third kappa shape index (κ3) is 12.6. The maximum atomic E-state index is 16.1. The number of hydrogen-bond acceptors (Lipinski definition) is 20. The fourth-order valence-corrected chi connectivity index (χ4v) is 20.6. The molecule has 29 heteroatoms. The second-order valence-corrected chi connectivity index (χ2v) is 30.2. The average molecular weight is 1040 g/mol. The molecule has 0 bridgehead atoms. The van der Waals surface area contributed by atoms with Crippen molar-refractivity contribution in [2.75, 3.05) is 30.5 Å². The zero-order chi connectivity index (χ0) is 49.6. The first kappa shape index (κ1) is 54.8. The van der Waals surface area contributed by atoms with Gasteiger partial charge in [-0.3, -0.25) is 29.0 Å². The number of H-pyrrole nitrogens is 1. The van der Waals surface area contributed by atoms with Crippen LogP contribution in [0.1, 0.15) is 88.3 Å². The van der Waals surface area contributed by atoms with Gasteiger partial charge in [-0.1, -0.05) is 69.2 Å². The Kier molecular flexibility index (Phi) is 18.9. The molecule has 23 nitrogen and oxygen atoms in total. The first-order chi connectivity index (χ1) is 31.5. The molecular weight excluding hydrogens is 974 g/mol. The normalized spacial score (nSPS) is 24.8. The van der Waals surface area contributed by atoms with Crippen molar-refractivity contribution in [2.24, 2.45) is 11.8 Å². The number of carbonyl (C=O) groups is 1. The van der Waals surface area contributed by atoms with Crippen molar-refractivity contribution in [2.45, 2.75) is 147 Å². The highest BCUT2D eigenvalue weighted by atomic mass is 32.5. The van der Waals surface area contributed by atoms with Crippen molar-refractivity contribution in [3.05, 3.63) is 29.3 Å². The molecule has 6 N–H and O–H groups in total. The number of amides is 1. The van der Waals surface area contributed by atoms with Crippen LogP contribution in [0.2, 0.25) is 22.2 Å². The van der Waals surface area contributed by atoms with Gasteiger partial charge in [-0.2, -0.15) is 10.2 Å². The highest BCUT2D eigenvalue weighted by Gasteiger charge is 2.60. The summed E-state index contributed by atoms with van der Waals surface area (Å²) in [4.78, 5) is 71.3. The lowest BCUT2D eigenvalue weighted by molar-refractivity contribution is -0.118. The molecule has 1 saturated heterocycles. The van der Waals surface area contributed by atoms with Gasteiger partial charge in [0.2, 0.25) is 17.8 Å². The molecule has 3 aromatic heterocycles. The van der Waals surface area contributed by atoms with Crippen LogP contribution >= 0.6 is 15.0 Å². The number of fused-ring (bicyclic) bond motifs is 1. The Balaban J connectivity index is 1.64. The Hall–Kier alpha value is -3.17. The van der Waals surface area contributed by atoms with Crippen LogP contribution in [0.4, 0.5) is 16.3 Å². The number of nitriles is 1. The number of aromatic nitrogens is 7. The van der Waals surface area contributed by atoms with Gasteiger partial charge in [-0.05, 0) is 40.4 Å². The predicted molar refractivity (Wildman–Crippen MR) is 249 cm³/mol. The van der Waals surface area contributed by atoms with Crippen LogP contribution in [0.3, 0.4) is 0 Å². The van der Waals surface area contributed by atoms with E-state index in [0.717, 1.165) is 0 Å². The molecule has 0 spiro atoms. The molecular formula is C38H62FN10O13P2SSi2+. The lowest BCUT2D eigenvalue weighted by Gasteiger charge is -2.47. The number of hydrogen-bond donors (Lipinski definition) is 6. The topological polar surface area (TPSA) is 310 Å². The lowest BCUT2D eigenvalue weighted by atomic mass is 10.1. The van der Waals surface area contributed by atoms with Gasteiger partial charge in [-0.25, -0.2) is 24.3 Å². The number of rotatable bonds is 24. The third-order valence-corrected chi connectivity index (χ3v) is 24.3. The summed E-state index contributed by atoms with van der Waals surface area (Å²) in [5.41, 5.74) is -2.08. The molecule has 1 amide bonds. The first-order valence-electron chi connectivity index (χ1n) is 21.9. The number of aliphatic hydroxyl groups is 1. The monoisotopic (exact) mass is 1040 g/mol. The van der Waals surface area contributed by atoms with E-state index in [4.69, 9.17) is 43.2 Å². The number of nitrogens with zero attached hydrogens (tertiary/aromatic N) is 7. The van der Waals surface area contributed by atoms with Gasteiger partial charge < -0.3 is 37.5 Å². The highest BCUT2D eigenvalue weighted by molar-refractivity contribution is 8.07. The van der Waals surface area contributed by atoms with Crippen molar-refractivity contribution in [3.8, 4) is 6.07 Å². The van der Waals surface area contributed by atoms with E-state index in [0.29, 0.717) is 0 Å². The maximum Gasteiger partial charge on any atom is 0.695 e. The second kappa shape index (κ2) is 23.2. The summed E-state index contributed by atoms with van der Waals surface area (Å²) in [7, 11) is -10.6. The number of nitrogens with one attached hydrogen (secondary N) is 3. The zero-order valence-corrected chi connectivity index (χ0v) is 43.6. The standard InChI is InChI=1S/C38H61FN10O13P2SSi2/c1-20(2)34(51)47-38-46-33-29(35(52)48-38)44-19-49(33)36-32(31(27(15-50)58-36)61-67(23(7)8,24(9)10)62-66(55,21(3)4)22(5)6)60-64(65,56-13-11-12-40)57-16-25-14-26(28(39)30(25)59-63(53)54)45-37-42-17-41-18-43-37/h17-28,30-32,36,50,55H,11,13-16H2,1-10H3,(H3-,41,42,43,45,46,47,48,51,52,53,54)/p+1/t25-,26-,27-,28+,30-,31-,32-,36-,64?/m1/s1. The molecule has 1 aliphatic heterocycles. The molecule has 1 saturated carbocycles. The predicted octanol–water partition coefficient (Wildman–Crippen LogP) is 5.14. The number of imidazole rings is 1. The van der Waals surface area contributed by atoms with Gasteiger partial charge in [0.25, 0.3) is 5.56 Å². The van der Waals surface area contributed by atoms with E-state index in [1.807, 2.05) is 61.5 Å². The Morgan fingerprint density at radius 1 is 1.07 bits per heavy atom. The van der Waals surface area contributed by atoms with E-state index >= 15 is 4.39 Å². The number of alkyl halides is 1. The molecule has 3 aromatic rings. The van der Waals surface area contributed by atoms with Crippen molar-refractivity contribution in [1.29, 1.82) is 5.26 Å². The molecule has 4 heterocycles. The van der Waals surface area contributed by atoms with Crippen LogP contribution in [0.25, 0.3) is 11.2 Å². The summed E-state index contributed by atoms with van der Waals surface area (Å²) < 4.78 is 74.7. The molecule has 10 atom stereocenters. The van der Waals surface area contributed by atoms with Gasteiger partial charge in [-0.15, -0.1) is 9.42 Å². The highest BCUT2D eigenvalue weighted by Crippen LogP contribution is 2.57. The summed E-state index contributed by atoms with van der Waals surface area (Å²) in [6, 6.07) is 0.963. The van der Waals surface area contributed by atoms with E-state index in [1.165, 1.54) is 23.5 Å². The Morgan fingerprint density at radius 3 is 2.30 bits per heavy atom. The van der Waals surface area contributed by atoms with Crippen LogP contribution in [0.15, 0.2) is 23.8 Å². The van der Waals surface area contributed by atoms with Crippen molar-refractivity contribution in [1.82, 2.24) is 34.5 Å². The minimum absolute atomic E-state index is 0.0363. The van der Waals surface area contributed by atoms with E-state index in [9.17, 15) is 34.2 Å². The minimum Gasteiger partial charge on any atom is -0.414 e.